The summed E-state index contributed by atoms with van der Waals surface area (Å²) in [5.41, 5.74) is 0. The zero-order valence-corrected chi connectivity index (χ0v) is 11.4. The van der Waals surface area contributed by atoms with Crippen LogP contribution in [-0.4, -0.2) is 35.0 Å². The molecule has 116 valence electrons. The van der Waals surface area contributed by atoms with Crippen LogP contribution in [-0.2, 0) is 11.0 Å². The van der Waals surface area contributed by atoms with Crippen molar-refractivity contribution >= 4 is 17.5 Å². The van der Waals surface area contributed by atoms with E-state index < -0.39 is 18.0 Å². The Balaban J connectivity index is 2.24. The monoisotopic (exact) mass is 303 g/mol. The molecule has 1 aromatic heterocycles. The van der Waals surface area contributed by atoms with Crippen molar-refractivity contribution in [3.8, 4) is 0 Å². The number of hydrogen-bond donors (Lipinski definition) is 3. The second-order valence-electron chi connectivity index (χ2n) is 4.62. The van der Waals surface area contributed by atoms with Crippen LogP contribution in [0, 0.1) is 0 Å². The van der Waals surface area contributed by atoms with Crippen LogP contribution in [0.25, 0.3) is 0 Å². The molecule has 2 rings (SSSR count). The minimum atomic E-state index is -4.64. The van der Waals surface area contributed by atoms with Crippen molar-refractivity contribution in [1.29, 1.82) is 0 Å². The van der Waals surface area contributed by atoms with Crippen molar-refractivity contribution in [2.24, 2.45) is 0 Å². The molecule has 1 fully saturated rings. The van der Waals surface area contributed by atoms with Crippen LogP contribution in [0.3, 0.4) is 0 Å². The van der Waals surface area contributed by atoms with E-state index in [0.717, 1.165) is 6.42 Å². The summed E-state index contributed by atoms with van der Waals surface area (Å²) in [4.78, 5) is 18.5. The Hall–Kier alpha value is -2.06. The fourth-order valence-corrected chi connectivity index (χ4v) is 2.01. The van der Waals surface area contributed by atoms with Crippen LogP contribution in [0.4, 0.5) is 24.8 Å². The van der Waals surface area contributed by atoms with E-state index in [1.807, 2.05) is 0 Å². The molecule has 21 heavy (non-hydrogen) atoms. The third kappa shape index (κ3) is 3.96. The predicted octanol–water partition coefficient (Wildman–Crippen LogP) is 1.62. The molecule has 0 spiro atoms. The Morgan fingerprint density at radius 2 is 2.10 bits per heavy atom. The molecule has 3 N–H and O–H groups in total. The number of halogens is 3. The van der Waals surface area contributed by atoms with Crippen LogP contribution < -0.4 is 16.0 Å². The molecule has 1 aliphatic heterocycles. The highest BCUT2D eigenvalue weighted by molar-refractivity contribution is 5.85. The van der Waals surface area contributed by atoms with Gasteiger partial charge in [-0.25, -0.2) is 9.97 Å². The Bertz CT molecular complexity index is 520. The smallest absolute Gasteiger partial charge is 0.370 e. The highest BCUT2D eigenvalue weighted by Gasteiger charge is 2.36. The fourth-order valence-electron chi connectivity index (χ4n) is 2.01. The quantitative estimate of drug-likeness (QED) is 0.788. The van der Waals surface area contributed by atoms with Gasteiger partial charge >= 0.3 is 6.18 Å². The molecule has 1 atom stereocenters. The molecule has 2 heterocycles. The number of anilines is 2. The van der Waals surface area contributed by atoms with Crippen LogP contribution in [0.2, 0.25) is 0 Å². The van der Waals surface area contributed by atoms with Crippen LogP contribution in [0.5, 0.6) is 0 Å². The van der Waals surface area contributed by atoms with Gasteiger partial charge in [-0.05, 0) is 19.8 Å². The molecule has 1 aromatic rings. The largest absolute Gasteiger partial charge is 0.451 e. The molecule has 0 aromatic carbocycles. The minimum Gasteiger partial charge on any atom is -0.370 e. The lowest BCUT2D eigenvalue weighted by molar-refractivity contribution is -0.144. The summed E-state index contributed by atoms with van der Waals surface area (Å²) in [6.07, 6.45) is -3.33. The number of nitrogens with zero attached hydrogens (tertiary/aromatic N) is 2. The van der Waals surface area contributed by atoms with E-state index >= 15 is 0 Å². The van der Waals surface area contributed by atoms with Crippen molar-refractivity contribution < 1.29 is 18.0 Å². The molecule has 9 heteroatoms. The van der Waals surface area contributed by atoms with Gasteiger partial charge in [0.2, 0.25) is 11.7 Å². The highest BCUT2D eigenvalue weighted by Crippen LogP contribution is 2.28. The maximum Gasteiger partial charge on any atom is 0.451 e. The molecule has 0 saturated carbocycles. The number of carbonyl (C=O) groups is 1. The van der Waals surface area contributed by atoms with Gasteiger partial charge < -0.3 is 16.0 Å². The third-order valence-electron chi connectivity index (χ3n) is 2.94. The second-order valence-corrected chi connectivity index (χ2v) is 4.62. The number of aromatic nitrogens is 2. The van der Waals surface area contributed by atoms with E-state index in [9.17, 15) is 18.0 Å². The number of piperidine rings is 1. The Morgan fingerprint density at radius 3 is 2.71 bits per heavy atom. The first-order valence-electron chi connectivity index (χ1n) is 6.64. The summed E-state index contributed by atoms with van der Waals surface area (Å²) in [6.45, 7) is 2.76. The maximum absolute atomic E-state index is 12.8. The number of amides is 1. The molecule has 0 aliphatic carbocycles. The van der Waals surface area contributed by atoms with E-state index in [1.165, 1.54) is 6.07 Å². The third-order valence-corrected chi connectivity index (χ3v) is 2.94. The number of hydrogen-bond acceptors (Lipinski definition) is 5. The maximum atomic E-state index is 12.8. The Morgan fingerprint density at radius 1 is 1.38 bits per heavy atom. The first kappa shape index (κ1) is 15.3. The van der Waals surface area contributed by atoms with Crippen LogP contribution in [0.1, 0.15) is 25.6 Å². The van der Waals surface area contributed by atoms with E-state index in [2.05, 4.69) is 25.9 Å². The molecule has 1 aliphatic rings. The van der Waals surface area contributed by atoms with E-state index in [1.54, 1.807) is 6.92 Å². The summed E-state index contributed by atoms with van der Waals surface area (Å²) in [7, 11) is 0. The van der Waals surface area contributed by atoms with Crippen molar-refractivity contribution in [2.45, 2.75) is 32.0 Å². The minimum absolute atomic E-state index is 0.0182. The number of carbonyl (C=O) groups excluding carboxylic acids is 1. The second kappa shape index (κ2) is 6.15. The van der Waals surface area contributed by atoms with Gasteiger partial charge in [-0.3, -0.25) is 4.79 Å². The van der Waals surface area contributed by atoms with Gasteiger partial charge in [0.15, 0.2) is 0 Å². The van der Waals surface area contributed by atoms with Crippen molar-refractivity contribution in [2.75, 3.05) is 23.7 Å². The lowest BCUT2D eigenvalue weighted by Crippen LogP contribution is -2.44. The molecule has 0 radical (unpaired) electrons. The molecular formula is C12H16F3N5O. The molecule has 1 amide bonds. The van der Waals surface area contributed by atoms with Gasteiger partial charge in [-0.15, -0.1) is 0 Å². The van der Waals surface area contributed by atoms with Crippen LogP contribution >= 0.6 is 0 Å². The van der Waals surface area contributed by atoms with Gasteiger partial charge in [-0.2, -0.15) is 13.2 Å². The average Bonchev–Trinajstić information content (AvgIpc) is 2.41. The molecule has 6 nitrogen and oxygen atoms in total. The van der Waals surface area contributed by atoms with Crippen LogP contribution in [0.15, 0.2) is 6.07 Å². The topological polar surface area (TPSA) is 78.9 Å². The predicted molar refractivity (Wildman–Crippen MR) is 70.9 cm³/mol. The van der Waals surface area contributed by atoms with Gasteiger partial charge in [0.05, 0.1) is 0 Å². The van der Waals surface area contributed by atoms with Gasteiger partial charge in [0, 0.05) is 19.2 Å². The van der Waals surface area contributed by atoms with Crippen molar-refractivity contribution in [1.82, 2.24) is 15.3 Å². The van der Waals surface area contributed by atoms with E-state index in [-0.39, 0.29) is 17.5 Å². The van der Waals surface area contributed by atoms with Gasteiger partial charge in [-0.1, -0.05) is 0 Å². The first-order chi connectivity index (χ1) is 9.90. The summed E-state index contributed by atoms with van der Waals surface area (Å²) >= 11 is 0. The van der Waals surface area contributed by atoms with Crippen molar-refractivity contribution in [3.05, 3.63) is 11.9 Å². The molecule has 1 unspecified atom stereocenters. The lowest BCUT2D eigenvalue weighted by Gasteiger charge is -2.23. The van der Waals surface area contributed by atoms with Gasteiger partial charge in [0.25, 0.3) is 0 Å². The zero-order chi connectivity index (χ0) is 15.5. The normalized spacial score (nSPS) is 19.0. The standard InChI is InChI=1S/C12H16F3N5O/c1-2-16-8-6-9(20-11(19-8)12(13,14)15)18-7-4-3-5-17-10(7)21/h6-7H,2-5H2,1H3,(H,17,21)(H2,16,18,19,20). The highest BCUT2D eigenvalue weighted by atomic mass is 19.4. The Kier molecular flexibility index (Phi) is 4.49. The first-order valence-corrected chi connectivity index (χ1v) is 6.64. The number of nitrogens with one attached hydrogen (secondary N) is 3. The average molecular weight is 303 g/mol. The molecule has 1 saturated heterocycles. The van der Waals surface area contributed by atoms with Gasteiger partial charge in [0.1, 0.15) is 17.7 Å². The van der Waals surface area contributed by atoms with E-state index in [0.29, 0.717) is 19.5 Å². The van der Waals surface area contributed by atoms with Crippen molar-refractivity contribution in [3.63, 3.8) is 0 Å². The summed E-state index contributed by atoms with van der Waals surface area (Å²) in [5.74, 6) is -1.42. The number of alkyl halides is 3. The molecule has 0 bridgehead atoms. The molecular weight excluding hydrogens is 287 g/mol. The van der Waals surface area contributed by atoms with E-state index in [4.69, 9.17) is 0 Å². The zero-order valence-electron chi connectivity index (χ0n) is 11.4. The Labute approximate surface area is 119 Å². The summed E-state index contributed by atoms with van der Waals surface area (Å²) in [5, 5.41) is 8.11. The summed E-state index contributed by atoms with van der Waals surface area (Å²) in [6, 6.07) is 0.782. The summed E-state index contributed by atoms with van der Waals surface area (Å²) < 4.78 is 38.4. The SMILES string of the molecule is CCNc1cc(NC2CCCNC2=O)nc(C(F)(F)F)n1. The fraction of sp³-hybridized carbons (Fsp3) is 0.583. The number of rotatable bonds is 4. The lowest BCUT2D eigenvalue weighted by atomic mass is 10.1.